The molecule has 0 aromatic heterocycles. The largest absolute Gasteiger partial charge is 0.396 e. The third-order valence-corrected chi connectivity index (χ3v) is 6.24. The number of aliphatic hydroxyl groups excluding tert-OH is 1. The van der Waals surface area contributed by atoms with Gasteiger partial charge in [-0.1, -0.05) is 0 Å². The normalized spacial score (nSPS) is 37.3. The Balaban J connectivity index is 1.53. The summed E-state index contributed by atoms with van der Waals surface area (Å²) in [5, 5.41) is 12.9. The van der Waals surface area contributed by atoms with Crippen LogP contribution in [0.2, 0.25) is 0 Å². The lowest BCUT2D eigenvalue weighted by Gasteiger charge is -2.36. The summed E-state index contributed by atoms with van der Waals surface area (Å²) in [6.45, 7) is 6.76. The average molecular weight is 294 g/mol. The lowest BCUT2D eigenvalue weighted by atomic mass is 9.84. The smallest absolute Gasteiger partial charge is 0.223 e. The fraction of sp³-hybridized carbons (Fsp3) is 0.941. The van der Waals surface area contributed by atoms with Crippen LogP contribution in [0.15, 0.2) is 0 Å². The maximum atomic E-state index is 12.6. The summed E-state index contributed by atoms with van der Waals surface area (Å²) in [5.41, 5.74) is 0. The maximum Gasteiger partial charge on any atom is 0.223 e. The Labute approximate surface area is 128 Å². The number of fused-ring (bicyclic) bond motifs is 2. The molecule has 0 radical (unpaired) electrons. The van der Waals surface area contributed by atoms with Gasteiger partial charge in [-0.15, -0.1) is 0 Å². The van der Waals surface area contributed by atoms with Gasteiger partial charge in [-0.05, 0) is 70.9 Å². The van der Waals surface area contributed by atoms with Gasteiger partial charge >= 0.3 is 0 Å². The van der Waals surface area contributed by atoms with E-state index in [1.807, 2.05) is 0 Å². The number of carbonyl (C=O) groups excluding carboxylic acids is 1. The summed E-state index contributed by atoms with van der Waals surface area (Å²) >= 11 is 0. The molecule has 1 heterocycles. The minimum absolute atomic E-state index is 0.179. The van der Waals surface area contributed by atoms with Crippen molar-refractivity contribution >= 4 is 5.91 Å². The summed E-state index contributed by atoms with van der Waals surface area (Å²) in [6.07, 6.45) is 5.65. The molecule has 4 atom stereocenters. The molecule has 3 fully saturated rings. The van der Waals surface area contributed by atoms with Gasteiger partial charge in [0.2, 0.25) is 5.91 Å². The number of rotatable bonds is 4. The van der Waals surface area contributed by atoms with Crippen molar-refractivity contribution < 1.29 is 9.90 Å². The van der Waals surface area contributed by atoms with E-state index in [0.717, 1.165) is 25.9 Å². The van der Waals surface area contributed by atoms with Gasteiger partial charge in [0, 0.05) is 30.5 Å². The third-order valence-electron chi connectivity index (χ3n) is 6.24. The minimum atomic E-state index is 0.179. The Bertz CT molecular complexity index is 377. The molecule has 4 unspecified atom stereocenters. The molecule has 2 bridgehead atoms. The fourth-order valence-electron chi connectivity index (χ4n) is 4.86. The van der Waals surface area contributed by atoms with Crippen molar-refractivity contribution in [2.75, 3.05) is 19.7 Å². The van der Waals surface area contributed by atoms with Gasteiger partial charge in [-0.3, -0.25) is 4.79 Å². The molecule has 0 aromatic rings. The van der Waals surface area contributed by atoms with E-state index in [4.69, 9.17) is 0 Å². The van der Waals surface area contributed by atoms with Crippen LogP contribution in [0.1, 0.15) is 46.0 Å². The Morgan fingerprint density at radius 3 is 2.48 bits per heavy atom. The first-order chi connectivity index (χ1) is 10.1. The average Bonchev–Trinajstić information content (AvgIpc) is 3.08. The first-order valence-electron chi connectivity index (χ1n) is 8.75. The van der Waals surface area contributed by atoms with Crippen molar-refractivity contribution in [3.8, 4) is 0 Å². The Kier molecular flexibility index (Phi) is 4.55. The lowest BCUT2D eigenvalue weighted by Crippen LogP contribution is -2.49. The molecule has 4 nitrogen and oxygen atoms in total. The molecule has 1 amide bonds. The van der Waals surface area contributed by atoms with Crippen LogP contribution in [0.25, 0.3) is 0 Å². The summed E-state index contributed by atoms with van der Waals surface area (Å²) in [5.74, 6) is 2.00. The molecular formula is C17H30N2O2. The van der Waals surface area contributed by atoms with Crippen LogP contribution in [0.4, 0.5) is 0 Å². The molecule has 3 aliphatic rings. The molecule has 0 spiro atoms. The van der Waals surface area contributed by atoms with Gasteiger partial charge in [-0.2, -0.15) is 0 Å². The molecule has 0 aromatic carbocycles. The van der Waals surface area contributed by atoms with E-state index in [-0.39, 0.29) is 24.5 Å². The van der Waals surface area contributed by atoms with Crippen molar-refractivity contribution in [2.24, 2.45) is 23.7 Å². The molecule has 2 saturated carbocycles. The van der Waals surface area contributed by atoms with E-state index in [1.165, 1.54) is 19.3 Å². The van der Waals surface area contributed by atoms with Crippen LogP contribution < -0.4 is 5.32 Å². The fourth-order valence-corrected chi connectivity index (χ4v) is 4.86. The molecule has 1 aliphatic heterocycles. The summed E-state index contributed by atoms with van der Waals surface area (Å²) in [7, 11) is 0. The van der Waals surface area contributed by atoms with E-state index in [0.29, 0.717) is 23.8 Å². The lowest BCUT2D eigenvalue weighted by molar-refractivity contribution is -0.128. The van der Waals surface area contributed by atoms with Crippen LogP contribution >= 0.6 is 0 Å². The van der Waals surface area contributed by atoms with E-state index in [2.05, 4.69) is 24.1 Å². The zero-order chi connectivity index (χ0) is 15.0. The van der Waals surface area contributed by atoms with Crippen molar-refractivity contribution in [1.82, 2.24) is 10.2 Å². The van der Waals surface area contributed by atoms with Crippen LogP contribution in [0, 0.1) is 23.7 Å². The molecule has 21 heavy (non-hydrogen) atoms. The molecule has 4 heteroatoms. The molecule has 2 aliphatic carbocycles. The first-order valence-corrected chi connectivity index (χ1v) is 8.75. The van der Waals surface area contributed by atoms with Gasteiger partial charge in [0.15, 0.2) is 0 Å². The number of nitrogens with one attached hydrogen (secondary N) is 1. The Morgan fingerprint density at radius 2 is 1.86 bits per heavy atom. The number of hydrogen-bond acceptors (Lipinski definition) is 3. The zero-order valence-electron chi connectivity index (χ0n) is 13.4. The number of aliphatic hydroxyl groups is 1. The predicted octanol–water partition coefficient (Wildman–Crippen LogP) is 1.63. The van der Waals surface area contributed by atoms with Crippen molar-refractivity contribution in [1.29, 1.82) is 0 Å². The molecule has 1 saturated heterocycles. The van der Waals surface area contributed by atoms with Crippen LogP contribution in [0.3, 0.4) is 0 Å². The second-order valence-corrected chi connectivity index (χ2v) is 7.62. The van der Waals surface area contributed by atoms with Crippen LogP contribution in [-0.2, 0) is 4.79 Å². The number of likely N-dealkylation sites (tertiary alicyclic amines) is 1. The van der Waals surface area contributed by atoms with Gasteiger partial charge in [-0.25, -0.2) is 0 Å². The summed E-state index contributed by atoms with van der Waals surface area (Å²) in [6, 6.07) is 0.822. The summed E-state index contributed by atoms with van der Waals surface area (Å²) < 4.78 is 0. The molecular weight excluding hydrogens is 264 g/mol. The topological polar surface area (TPSA) is 52.6 Å². The zero-order valence-corrected chi connectivity index (χ0v) is 13.4. The molecule has 120 valence electrons. The first kappa shape index (κ1) is 15.3. The Morgan fingerprint density at radius 1 is 1.19 bits per heavy atom. The van der Waals surface area contributed by atoms with Crippen LogP contribution in [-0.4, -0.2) is 47.7 Å². The molecule has 3 rings (SSSR count). The highest BCUT2D eigenvalue weighted by molar-refractivity contribution is 5.79. The van der Waals surface area contributed by atoms with E-state index >= 15 is 0 Å². The van der Waals surface area contributed by atoms with Crippen molar-refractivity contribution in [3.63, 3.8) is 0 Å². The quantitative estimate of drug-likeness (QED) is 0.828. The van der Waals surface area contributed by atoms with Crippen molar-refractivity contribution in [3.05, 3.63) is 0 Å². The predicted molar refractivity (Wildman–Crippen MR) is 82.8 cm³/mol. The van der Waals surface area contributed by atoms with Gasteiger partial charge in [0.25, 0.3) is 0 Å². The summed E-state index contributed by atoms with van der Waals surface area (Å²) in [4.78, 5) is 15.0. The second-order valence-electron chi connectivity index (χ2n) is 7.62. The van der Waals surface area contributed by atoms with Crippen LogP contribution in [0.5, 0.6) is 0 Å². The number of hydrogen-bond donors (Lipinski definition) is 2. The number of carbonyl (C=O) groups is 1. The molecule has 2 N–H and O–H groups in total. The second kappa shape index (κ2) is 6.25. The van der Waals surface area contributed by atoms with Gasteiger partial charge in [0.05, 0.1) is 0 Å². The van der Waals surface area contributed by atoms with Crippen molar-refractivity contribution in [2.45, 2.75) is 58.0 Å². The van der Waals surface area contributed by atoms with E-state index in [1.54, 1.807) is 0 Å². The minimum Gasteiger partial charge on any atom is -0.396 e. The number of nitrogens with zero attached hydrogens (tertiary/aromatic N) is 1. The number of amides is 1. The van der Waals surface area contributed by atoms with Gasteiger partial charge in [0.1, 0.15) is 0 Å². The van der Waals surface area contributed by atoms with Gasteiger partial charge < -0.3 is 15.3 Å². The van der Waals surface area contributed by atoms with E-state index in [9.17, 15) is 9.90 Å². The Hall–Kier alpha value is -0.610. The number of piperidine rings is 1. The highest BCUT2D eigenvalue weighted by atomic mass is 16.3. The van der Waals surface area contributed by atoms with E-state index < -0.39 is 0 Å². The highest BCUT2D eigenvalue weighted by Gasteiger charge is 2.48. The third kappa shape index (κ3) is 2.98. The maximum absolute atomic E-state index is 12.6. The standard InChI is InChI=1S/C17H30N2O2/c1-11(2)19-7-5-12(6-8-19)17(21)18-16-14-4-3-13(9-14)15(16)10-20/h11-16,20H,3-10H2,1-2H3,(H,18,21). The SMILES string of the molecule is CC(C)N1CCC(C(=O)NC2C3CCC(C3)C2CO)CC1. The highest BCUT2D eigenvalue weighted by Crippen LogP contribution is 2.48. The monoisotopic (exact) mass is 294 g/mol.